The minimum Gasteiger partial charge on any atom is -0.326 e. The lowest BCUT2D eigenvalue weighted by atomic mass is 10.1. The maximum atomic E-state index is 13.4. The lowest BCUT2D eigenvalue weighted by Crippen LogP contribution is -2.37. The highest BCUT2D eigenvalue weighted by molar-refractivity contribution is 7.99. The van der Waals surface area contributed by atoms with Crippen molar-refractivity contribution in [3.05, 3.63) is 56.2 Å². The summed E-state index contributed by atoms with van der Waals surface area (Å²) >= 11 is 1.29. The van der Waals surface area contributed by atoms with Crippen molar-refractivity contribution in [2.75, 3.05) is 11.1 Å². The molecule has 3 rings (SSSR count). The first-order valence-electron chi connectivity index (χ1n) is 7.31. The zero-order valence-corrected chi connectivity index (χ0v) is 13.9. The van der Waals surface area contributed by atoms with Crippen LogP contribution in [0.3, 0.4) is 0 Å². The first-order valence-corrected chi connectivity index (χ1v) is 8.29. The van der Waals surface area contributed by atoms with Crippen molar-refractivity contribution in [3.8, 4) is 0 Å². The molecule has 1 amide bonds. The van der Waals surface area contributed by atoms with Crippen LogP contribution in [0.5, 0.6) is 0 Å². The molecule has 2 aromatic rings. The number of nitrogens with one attached hydrogen (secondary N) is 1. The van der Waals surface area contributed by atoms with Crippen LogP contribution in [-0.4, -0.2) is 26.1 Å². The van der Waals surface area contributed by atoms with Gasteiger partial charge in [0.15, 0.2) is 5.16 Å². The van der Waals surface area contributed by atoms with Crippen LogP contribution in [0.15, 0.2) is 34.3 Å². The molecule has 1 unspecified atom stereocenters. The predicted octanol–water partition coefficient (Wildman–Crippen LogP) is 1.96. The van der Waals surface area contributed by atoms with Crippen LogP contribution in [0.25, 0.3) is 0 Å². The summed E-state index contributed by atoms with van der Waals surface area (Å²) < 4.78 is 14.8. The Bertz CT molecular complexity index is 930. The van der Waals surface area contributed by atoms with Crippen LogP contribution >= 0.6 is 11.8 Å². The molecule has 10 heteroatoms. The third-order valence-electron chi connectivity index (χ3n) is 3.78. The number of fused-ring (bicyclic) bond motifs is 1. The molecule has 0 bridgehead atoms. The van der Waals surface area contributed by atoms with Crippen LogP contribution in [0.4, 0.5) is 15.8 Å². The highest BCUT2D eigenvalue weighted by Gasteiger charge is 2.27. The number of nitro groups is 1. The lowest BCUT2D eigenvalue weighted by Gasteiger charge is -2.24. The fourth-order valence-electron chi connectivity index (χ4n) is 2.43. The third kappa shape index (κ3) is 3.38. The number of hydrogen-bond acceptors (Lipinski definition) is 6. The molecular formula is C15H13FN4O4S. The lowest BCUT2D eigenvalue weighted by molar-refractivity contribution is -0.387. The van der Waals surface area contributed by atoms with E-state index in [0.717, 1.165) is 12.1 Å². The van der Waals surface area contributed by atoms with Crippen LogP contribution in [0.1, 0.15) is 5.56 Å². The van der Waals surface area contributed by atoms with Gasteiger partial charge in [-0.1, -0.05) is 11.8 Å². The Labute approximate surface area is 145 Å². The van der Waals surface area contributed by atoms with Gasteiger partial charge in [-0.25, -0.2) is 4.98 Å². The number of amides is 1. The van der Waals surface area contributed by atoms with Crippen molar-refractivity contribution in [3.63, 3.8) is 0 Å². The molecule has 0 saturated heterocycles. The molecule has 0 fully saturated rings. The van der Waals surface area contributed by atoms with Crippen molar-refractivity contribution < 1.29 is 14.1 Å². The number of aryl methyl sites for hydroxylation is 1. The second-order valence-electron chi connectivity index (χ2n) is 5.56. The molecule has 2 heterocycles. The summed E-state index contributed by atoms with van der Waals surface area (Å²) in [6.45, 7) is 1.82. The second kappa shape index (κ2) is 6.63. The quantitative estimate of drug-likeness (QED) is 0.507. The van der Waals surface area contributed by atoms with E-state index < -0.39 is 28.3 Å². The summed E-state index contributed by atoms with van der Waals surface area (Å²) in [6.07, 6.45) is 1.50. The summed E-state index contributed by atoms with van der Waals surface area (Å²) in [5, 5.41) is 13.9. The molecule has 0 saturated carbocycles. The number of rotatable bonds is 3. The van der Waals surface area contributed by atoms with Crippen LogP contribution in [-0.2, 0) is 11.3 Å². The number of anilines is 1. The Kier molecular flexibility index (Phi) is 4.53. The Morgan fingerprint density at radius 3 is 3.00 bits per heavy atom. The average Bonchev–Trinajstić information content (AvgIpc) is 2.59. The molecule has 1 aliphatic heterocycles. The van der Waals surface area contributed by atoms with Gasteiger partial charge in [0.05, 0.1) is 10.8 Å². The number of benzene rings is 1. The molecule has 25 heavy (non-hydrogen) atoms. The van der Waals surface area contributed by atoms with E-state index in [1.54, 1.807) is 6.92 Å². The maximum absolute atomic E-state index is 13.4. The predicted molar refractivity (Wildman–Crippen MR) is 89.1 cm³/mol. The van der Waals surface area contributed by atoms with Gasteiger partial charge in [0.2, 0.25) is 11.7 Å². The molecule has 1 atom stereocenters. The van der Waals surface area contributed by atoms with Gasteiger partial charge in [0, 0.05) is 35.8 Å². The molecule has 1 N–H and O–H groups in total. The van der Waals surface area contributed by atoms with E-state index in [1.165, 1.54) is 28.6 Å². The van der Waals surface area contributed by atoms with Crippen molar-refractivity contribution in [1.29, 1.82) is 0 Å². The van der Waals surface area contributed by atoms with E-state index >= 15 is 0 Å². The highest BCUT2D eigenvalue weighted by atomic mass is 32.2. The minimum atomic E-state index is -0.974. The molecule has 0 aliphatic carbocycles. The summed E-state index contributed by atoms with van der Waals surface area (Å²) in [5.41, 5.74) is -0.298. The standard InChI is InChI=1S/C15H13FN4O4S/c1-8-5-17-15-19(14(8)22)6-9(7-25-15)13(21)18-10-2-3-11(16)12(4-10)20(23)24/h2-5,9H,6-7H2,1H3,(H,18,21). The number of carbonyl (C=O) groups is 1. The molecule has 130 valence electrons. The number of aromatic nitrogens is 2. The van der Waals surface area contributed by atoms with Crippen LogP contribution in [0.2, 0.25) is 0 Å². The Morgan fingerprint density at radius 1 is 1.52 bits per heavy atom. The van der Waals surface area contributed by atoms with E-state index in [4.69, 9.17) is 0 Å². The van der Waals surface area contributed by atoms with E-state index in [9.17, 15) is 24.1 Å². The normalized spacial score (nSPS) is 16.2. The van der Waals surface area contributed by atoms with Crippen LogP contribution < -0.4 is 10.9 Å². The zero-order chi connectivity index (χ0) is 18.1. The number of hydrogen-bond donors (Lipinski definition) is 1. The summed E-state index contributed by atoms with van der Waals surface area (Å²) in [4.78, 5) is 38.7. The van der Waals surface area contributed by atoms with Gasteiger partial charge in [-0.2, -0.15) is 4.39 Å². The Morgan fingerprint density at radius 2 is 2.28 bits per heavy atom. The highest BCUT2D eigenvalue weighted by Crippen LogP contribution is 2.27. The van der Waals surface area contributed by atoms with Gasteiger partial charge in [0.1, 0.15) is 0 Å². The molecule has 8 nitrogen and oxygen atoms in total. The molecular weight excluding hydrogens is 351 g/mol. The second-order valence-corrected chi connectivity index (χ2v) is 6.55. The van der Waals surface area contributed by atoms with Gasteiger partial charge in [-0.15, -0.1) is 0 Å². The molecule has 1 aliphatic rings. The largest absolute Gasteiger partial charge is 0.326 e. The van der Waals surface area contributed by atoms with Crippen molar-refractivity contribution in [2.45, 2.75) is 18.6 Å². The molecule has 1 aromatic heterocycles. The zero-order valence-electron chi connectivity index (χ0n) is 13.1. The van der Waals surface area contributed by atoms with Gasteiger partial charge in [-0.05, 0) is 19.1 Å². The smallest absolute Gasteiger partial charge is 0.306 e. The first kappa shape index (κ1) is 17.1. The van der Waals surface area contributed by atoms with Crippen molar-refractivity contribution >= 4 is 29.0 Å². The molecule has 1 aromatic carbocycles. The SMILES string of the molecule is Cc1cnc2n(c1=O)CC(C(=O)Nc1ccc(F)c([N+](=O)[O-])c1)CS2. The number of nitro benzene ring substituents is 1. The van der Waals surface area contributed by atoms with E-state index in [-0.39, 0.29) is 17.8 Å². The molecule has 0 spiro atoms. The minimum absolute atomic E-state index is 0.128. The van der Waals surface area contributed by atoms with Gasteiger partial charge in [0.25, 0.3) is 5.56 Å². The van der Waals surface area contributed by atoms with E-state index in [1.807, 2.05) is 0 Å². The number of halogens is 1. The van der Waals surface area contributed by atoms with Gasteiger partial charge >= 0.3 is 5.69 Å². The monoisotopic (exact) mass is 364 g/mol. The van der Waals surface area contributed by atoms with E-state index in [0.29, 0.717) is 16.5 Å². The fraction of sp³-hybridized carbons (Fsp3) is 0.267. The summed E-state index contributed by atoms with van der Waals surface area (Å²) in [6, 6.07) is 3.15. The van der Waals surface area contributed by atoms with Gasteiger partial charge < -0.3 is 5.32 Å². The number of nitrogens with zero attached hydrogens (tertiary/aromatic N) is 3. The number of thioether (sulfide) groups is 1. The summed E-state index contributed by atoms with van der Waals surface area (Å²) in [7, 11) is 0. The third-order valence-corrected chi connectivity index (χ3v) is 4.93. The van der Waals surface area contributed by atoms with Crippen molar-refractivity contribution in [2.24, 2.45) is 5.92 Å². The van der Waals surface area contributed by atoms with E-state index in [2.05, 4.69) is 10.3 Å². The molecule has 0 radical (unpaired) electrons. The topological polar surface area (TPSA) is 107 Å². The van der Waals surface area contributed by atoms with Crippen molar-refractivity contribution in [1.82, 2.24) is 9.55 Å². The fourth-order valence-corrected chi connectivity index (χ4v) is 3.48. The number of carbonyl (C=O) groups excluding carboxylic acids is 1. The maximum Gasteiger partial charge on any atom is 0.306 e. The average molecular weight is 364 g/mol. The first-order chi connectivity index (χ1) is 11.9. The summed E-state index contributed by atoms with van der Waals surface area (Å²) in [5.74, 6) is -1.46. The van der Waals surface area contributed by atoms with Crippen LogP contribution in [0, 0.1) is 28.8 Å². The van der Waals surface area contributed by atoms with Gasteiger partial charge in [-0.3, -0.25) is 24.3 Å². The Balaban J connectivity index is 1.79. The Hall–Kier alpha value is -2.75.